The summed E-state index contributed by atoms with van der Waals surface area (Å²) < 4.78 is 31.3. The Hall–Kier alpha value is -0.910. The van der Waals surface area contributed by atoms with Crippen LogP contribution in [0.1, 0.15) is 23.3 Å². The van der Waals surface area contributed by atoms with E-state index in [2.05, 4.69) is 11.8 Å². The molecule has 7 heteroatoms. The van der Waals surface area contributed by atoms with Gasteiger partial charge < -0.3 is 10.5 Å². The lowest BCUT2D eigenvalue weighted by Gasteiger charge is -2.18. The summed E-state index contributed by atoms with van der Waals surface area (Å²) in [6, 6.07) is 1.91. The molecular formula is C14H20N2O3S2. The molecule has 0 bridgehead atoms. The summed E-state index contributed by atoms with van der Waals surface area (Å²) in [6.45, 7) is 1.34. The van der Waals surface area contributed by atoms with Crippen molar-refractivity contribution in [2.45, 2.75) is 25.5 Å². The molecule has 1 aromatic rings. The first kappa shape index (κ1) is 16.5. The monoisotopic (exact) mass is 328 g/mol. The molecule has 0 amide bonds. The lowest BCUT2D eigenvalue weighted by atomic mass is 10.3. The van der Waals surface area contributed by atoms with Crippen molar-refractivity contribution in [3.8, 4) is 11.8 Å². The van der Waals surface area contributed by atoms with Gasteiger partial charge in [-0.05, 0) is 29.9 Å². The Kier molecular flexibility index (Phi) is 5.79. The van der Waals surface area contributed by atoms with Gasteiger partial charge in [0.2, 0.25) is 10.0 Å². The summed E-state index contributed by atoms with van der Waals surface area (Å²) >= 11 is 1.50. The second-order valence-corrected chi connectivity index (χ2v) is 8.03. The zero-order valence-corrected chi connectivity index (χ0v) is 13.7. The van der Waals surface area contributed by atoms with E-state index in [1.807, 2.05) is 11.4 Å². The molecule has 2 rings (SSSR count). The topological polar surface area (TPSA) is 72.6 Å². The van der Waals surface area contributed by atoms with Crippen molar-refractivity contribution >= 4 is 21.4 Å². The van der Waals surface area contributed by atoms with Gasteiger partial charge in [0, 0.05) is 20.2 Å². The van der Waals surface area contributed by atoms with Gasteiger partial charge in [0.25, 0.3) is 0 Å². The van der Waals surface area contributed by atoms with Crippen molar-refractivity contribution in [2.24, 2.45) is 5.73 Å². The number of sulfonamides is 1. The van der Waals surface area contributed by atoms with E-state index in [0.29, 0.717) is 19.7 Å². The van der Waals surface area contributed by atoms with Crippen molar-refractivity contribution < 1.29 is 13.2 Å². The maximum absolute atomic E-state index is 12.3. The highest BCUT2D eigenvalue weighted by Gasteiger charge is 2.26. The van der Waals surface area contributed by atoms with Crippen LogP contribution in [0.2, 0.25) is 0 Å². The fraction of sp³-hybridized carbons (Fsp3) is 0.571. The van der Waals surface area contributed by atoms with Crippen molar-refractivity contribution in [3.63, 3.8) is 0 Å². The number of rotatable bonds is 5. The molecule has 116 valence electrons. The Labute approximate surface area is 130 Å². The van der Waals surface area contributed by atoms with Crippen LogP contribution in [-0.2, 0) is 21.3 Å². The van der Waals surface area contributed by atoms with Gasteiger partial charge in [-0.15, -0.1) is 11.3 Å². The largest absolute Gasteiger partial charge is 0.377 e. The van der Waals surface area contributed by atoms with Gasteiger partial charge in [-0.1, -0.05) is 11.8 Å². The molecule has 0 saturated carbocycles. The second-order valence-electron chi connectivity index (χ2n) is 4.99. The maximum atomic E-state index is 12.3. The van der Waals surface area contributed by atoms with Crippen molar-refractivity contribution in [1.82, 2.24) is 4.31 Å². The summed E-state index contributed by atoms with van der Waals surface area (Å²) in [4.78, 5) is 0.903. The third kappa shape index (κ3) is 4.80. The van der Waals surface area contributed by atoms with Crippen LogP contribution in [-0.4, -0.2) is 44.8 Å². The predicted octanol–water partition coefficient (Wildman–Crippen LogP) is 0.999. The highest BCUT2D eigenvalue weighted by atomic mass is 32.2. The van der Waals surface area contributed by atoms with Gasteiger partial charge in [-0.25, -0.2) is 12.7 Å². The zero-order chi connectivity index (χ0) is 15.3. The number of thiophene rings is 1. The van der Waals surface area contributed by atoms with Crippen molar-refractivity contribution in [1.29, 1.82) is 0 Å². The van der Waals surface area contributed by atoms with Crippen molar-refractivity contribution in [2.75, 3.05) is 26.0 Å². The molecule has 0 radical (unpaired) electrons. The number of hydrogen-bond acceptors (Lipinski definition) is 5. The van der Waals surface area contributed by atoms with E-state index in [1.165, 1.54) is 15.6 Å². The average molecular weight is 328 g/mol. The smallest absolute Gasteiger partial charge is 0.216 e. The van der Waals surface area contributed by atoms with E-state index in [-0.39, 0.29) is 11.9 Å². The summed E-state index contributed by atoms with van der Waals surface area (Å²) in [6.07, 6.45) is 1.60. The van der Waals surface area contributed by atoms with Crippen LogP contribution < -0.4 is 5.73 Å². The molecule has 1 aliphatic rings. The highest BCUT2D eigenvalue weighted by molar-refractivity contribution is 7.89. The molecule has 2 N–H and O–H groups in total. The van der Waals surface area contributed by atoms with Gasteiger partial charge in [0.15, 0.2) is 0 Å². The molecule has 2 heterocycles. The molecule has 1 unspecified atom stereocenters. The van der Waals surface area contributed by atoms with Gasteiger partial charge >= 0.3 is 0 Å². The SMILES string of the molecule is CN(Cc1csc(C#CCN)c1)S(=O)(=O)CC1CCCO1. The summed E-state index contributed by atoms with van der Waals surface area (Å²) in [5, 5.41) is 1.93. The van der Waals surface area contributed by atoms with Gasteiger partial charge in [0.05, 0.1) is 23.3 Å². The molecule has 1 atom stereocenters. The second kappa shape index (κ2) is 7.38. The molecule has 0 aromatic carbocycles. The number of hydrogen-bond donors (Lipinski definition) is 1. The first-order chi connectivity index (χ1) is 10.0. The summed E-state index contributed by atoms with van der Waals surface area (Å²) in [5.74, 6) is 5.80. The molecule has 1 fully saturated rings. The van der Waals surface area contributed by atoms with Crippen molar-refractivity contribution in [3.05, 3.63) is 21.9 Å². The van der Waals surface area contributed by atoms with E-state index in [4.69, 9.17) is 10.5 Å². The minimum absolute atomic E-state index is 0.0630. The first-order valence-electron chi connectivity index (χ1n) is 6.83. The normalized spacial score (nSPS) is 18.7. The fourth-order valence-electron chi connectivity index (χ4n) is 2.16. The Balaban J connectivity index is 1.96. The van der Waals surface area contributed by atoms with E-state index >= 15 is 0 Å². The predicted molar refractivity (Wildman–Crippen MR) is 84.5 cm³/mol. The lowest BCUT2D eigenvalue weighted by Crippen LogP contribution is -2.33. The molecule has 0 aliphatic carbocycles. The standard InChI is InChI=1S/C14H20N2O3S2/c1-16(21(17,18)11-13-4-3-7-19-13)9-12-8-14(20-10-12)5-2-6-15/h8,10,13H,3-4,6-7,9,11,15H2,1H3. The summed E-state index contributed by atoms with van der Waals surface area (Å²) in [5.41, 5.74) is 6.27. The minimum atomic E-state index is -3.29. The molecule has 5 nitrogen and oxygen atoms in total. The first-order valence-corrected chi connectivity index (χ1v) is 9.32. The third-order valence-corrected chi connectivity index (χ3v) is 6.03. The lowest BCUT2D eigenvalue weighted by molar-refractivity contribution is 0.126. The Morgan fingerprint density at radius 3 is 3.05 bits per heavy atom. The van der Waals surface area contributed by atoms with Gasteiger partial charge in [0.1, 0.15) is 0 Å². The van der Waals surface area contributed by atoms with E-state index in [0.717, 1.165) is 23.3 Å². The Morgan fingerprint density at radius 2 is 2.38 bits per heavy atom. The van der Waals surface area contributed by atoms with Gasteiger partial charge in [-0.3, -0.25) is 0 Å². The van der Waals surface area contributed by atoms with Crippen LogP contribution in [0.3, 0.4) is 0 Å². The maximum Gasteiger partial charge on any atom is 0.216 e. The van der Waals surface area contributed by atoms with Crippen LogP contribution in [0, 0.1) is 11.8 Å². The Morgan fingerprint density at radius 1 is 1.57 bits per heavy atom. The number of nitrogens with zero attached hydrogens (tertiary/aromatic N) is 1. The zero-order valence-electron chi connectivity index (χ0n) is 12.0. The molecule has 1 saturated heterocycles. The average Bonchev–Trinajstić information content (AvgIpc) is 3.07. The van der Waals surface area contributed by atoms with Gasteiger partial charge in [-0.2, -0.15) is 0 Å². The third-order valence-electron chi connectivity index (χ3n) is 3.27. The minimum Gasteiger partial charge on any atom is -0.377 e. The van der Waals surface area contributed by atoms with Crippen LogP contribution in [0.15, 0.2) is 11.4 Å². The van der Waals surface area contributed by atoms with Crippen LogP contribution in [0.5, 0.6) is 0 Å². The van der Waals surface area contributed by atoms with Crippen LogP contribution >= 0.6 is 11.3 Å². The van der Waals surface area contributed by atoms with Crippen LogP contribution in [0.25, 0.3) is 0 Å². The van der Waals surface area contributed by atoms with E-state index in [1.54, 1.807) is 7.05 Å². The fourth-order valence-corrected chi connectivity index (χ4v) is 4.26. The molecular weight excluding hydrogens is 308 g/mol. The van der Waals surface area contributed by atoms with E-state index in [9.17, 15) is 8.42 Å². The highest BCUT2D eigenvalue weighted by Crippen LogP contribution is 2.19. The molecule has 0 spiro atoms. The number of ether oxygens (including phenoxy) is 1. The molecule has 1 aromatic heterocycles. The molecule has 21 heavy (non-hydrogen) atoms. The number of nitrogens with two attached hydrogens (primary N) is 1. The quantitative estimate of drug-likeness (QED) is 0.819. The molecule has 1 aliphatic heterocycles. The Bertz CT molecular complexity index is 622. The summed E-state index contributed by atoms with van der Waals surface area (Å²) in [7, 11) is -1.69. The van der Waals surface area contributed by atoms with E-state index < -0.39 is 10.0 Å². The van der Waals surface area contributed by atoms with Crippen LogP contribution in [0.4, 0.5) is 0 Å².